The zero-order valence-electron chi connectivity index (χ0n) is 18.5. The lowest BCUT2D eigenvalue weighted by atomic mass is 10.3. The van der Waals surface area contributed by atoms with Gasteiger partial charge in [-0.1, -0.05) is 0 Å². The third-order valence-corrected chi connectivity index (χ3v) is 8.37. The van der Waals surface area contributed by atoms with Crippen LogP contribution < -0.4 is 4.80 Å². The van der Waals surface area contributed by atoms with Gasteiger partial charge in [0.2, 0.25) is 10.0 Å². The predicted molar refractivity (Wildman–Crippen MR) is 128 cm³/mol. The van der Waals surface area contributed by atoms with Gasteiger partial charge in [-0.3, -0.25) is 0 Å². The fraction of sp³-hybridized carbons (Fsp3) is 0.304. The van der Waals surface area contributed by atoms with Gasteiger partial charge in [-0.25, -0.2) is 18.4 Å². The molecule has 1 aliphatic heterocycles. The number of morpholine rings is 1. The van der Waals surface area contributed by atoms with Crippen molar-refractivity contribution in [1.29, 1.82) is 0 Å². The molecule has 3 aromatic heterocycles. The molecule has 178 valence electrons. The monoisotopic (exact) mass is 499 g/mol. The molecule has 1 aliphatic rings. The van der Waals surface area contributed by atoms with Crippen molar-refractivity contribution in [2.75, 3.05) is 26.3 Å². The Balaban J connectivity index is 1.41. The third kappa shape index (κ3) is 4.92. The maximum atomic E-state index is 12.9. The van der Waals surface area contributed by atoms with E-state index in [1.54, 1.807) is 36.7 Å². The minimum Gasteiger partial charge on any atom is -0.463 e. The molecule has 34 heavy (non-hydrogen) atoms. The van der Waals surface area contributed by atoms with Crippen LogP contribution in [0.1, 0.15) is 6.42 Å². The average Bonchev–Trinajstić information content (AvgIpc) is 3.63. The number of ether oxygens (including phenoxy) is 1. The number of nitrogens with zero attached hydrogens (tertiary/aromatic N) is 5. The largest absolute Gasteiger partial charge is 0.463 e. The number of imidazole rings is 1. The first-order valence-corrected chi connectivity index (χ1v) is 13.3. The molecule has 4 aromatic rings. The van der Waals surface area contributed by atoms with E-state index in [0.29, 0.717) is 32.0 Å². The van der Waals surface area contributed by atoms with Crippen molar-refractivity contribution >= 4 is 27.0 Å². The Morgan fingerprint density at radius 2 is 1.91 bits per heavy atom. The first kappa shape index (κ1) is 22.8. The molecule has 1 fully saturated rings. The number of hydrogen-bond acceptors (Lipinski definition) is 7. The van der Waals surface area contributed by atoms with Crippen molar-refractivity contribution in [3.05, 3.63) is 71.6 Å². The first-order valence-electron chi connectivity index (χ1n) is 11.0. The van der Waals surface area contributed by atoms with E-state index in [9.17, 15) is 8.42 Å². The van der Waals surface area contributed by atoms with Crippen LogP contribution >= 0.6 is 11.3 Å². The molecular weight excluding hydrogens is 474 g/mol. The molecule has 1 saturated heterocycles. The highest BCUT2D eigenvalue weighted by atomic mass is 32.2. The van der Waals surface area contributed by atoms with Gasteiger partial charge in [0.25, 0.3) is 0 Å². The van der Waals surface area contributed by atoms with Gasteiger partial charge in [0, 0.05) is 44.0 Å². The number of rotatable bonds is 8. The Morgan fingerprint density at radius 3 is 2.62 bits per heavy atom. The first-order chi connectivity index (χ1) is 16.6. The Morgan fingerprint density at radius 1 is 1.09 bits per heavy atom. The lowest BCUT2D eigenvalue weighted by Crippen LogP contribution is -2.40. The zero-order chi connectivity index (χ0) is 23.4. The van der Waals surface area contributed by atoms with Crippen LogP contribution in [0.5, 0.6) is 0 Å². The maximum absolute atomic E-state index is 12.9. The molecule has 0 saturated carbocycles. The zero-order valence-corrected chi connectivity index (χ0v) is 20.1. The summed E-state index contributed by atoms with van der Waals surface area (Å²) < 4.78 is 42.3. The summed E-state index contributed by atoms with van der Waals surface area (Å²) in [6.07, 6.45) is 8.08. The highest BCUT2D eigenvalue weighted by Crippen LogP contribution is 2.23. The van der Waals surface area contributed by atoms with Crippen molar-refractivity contribution < 1.29 is 17.6 Å². The van der Waals surface area contributed by atoms with Crippen molar-refractivity contribution in [1.82, 2.24) is 18.4 Å². The minimum atomic E-state index is -3.53. The lowest BCUT2D eigenvalue weighted by molar-refractivity contribution is 0.0730. The average molecular weight is 500 g/mol. The number of aryl methyl sites for hydroxylation is 1. The molecule has 11 heteroatoms. The summed E-state index contributed by atoms with van der Waals surface area (Å²) in [4.78, 5) is 10.00. The fourth-order valence-electron chi connectivity index (χ4n) is 3.83. The van der Waals surface area contributed by atoms with Crippen LogP contribution in [0.25, 0.3) is 11.5 Å². The lowest BCUT2D eigenvalue weighted by Gasteiger charge is -2.26. The smallest absolute Gasteiger partial charge is 0.243 e. The van der Waals surface area contributed by atoms with E-state index in [4.69, 9.17) is 14.1 Å². The normalized spacial score (nSPS) is 15.7. The molecule has 5 rings (SSSR count). The molecule has 0 radical (unpaired) electrons. The van der Waals surface area contributed by atoms with Gasteiger partial charge in [-0.05, 0) is 42.8 Å². The summed E-state index contributed by atoms with van der Waals surface area (Å²) in [6, 6.07) is 10.5. The van der Waals surface area contributed by atoms with Crippen molar-refractivity contribution in [2.24, 2.45) is 4.99 Å². The molecule has 0 N–H and O–H groups in total. The van der Waals surface area contributed by atoms with E-state index >= 15 is 0 Å². The van der Waals surface area contributed by atoms with Crippen LogP contribution in [-0.4, -0.2) is 53.1 Å². The molecule has 4 heterocycles. The van der Waals surface area contributed by atoms with Crippen LogP contribution in [0.15, 0.2) is 81.1 Å². The van der Waals surface area contributed by atoms with Crippen LogP contribution in [0.4, 0.5) is 5.69 Å². The van der Waals surface area contributed by atoms with Gasteiger partial charge in [0.15, 0.2) is 10.6 Å². The van der Waals surface area contributed by atoms with Crippen LogP contribution in [0, 0.1) is 0 Å². The van der Waals surface area contributed by atoms with Crippen LogP contribution in [0.2, 0.25) is 0 Å². The van der Waals surface area contributed by atoms with Gasteiger partial charge >= 0.3 is 0 Å². The van der Waals surface area contributed by atoms with Gasteiger partial charge in [0.05, 0.1) is 42.1 Å². The standard InChI is InChI=1S/C23H25N5O4S2/c29-34(30,27-12-15-31-16-13-27)20-6-4-19(5-7-20)25-23-28(10-2-9-26-11-8-24-18-26)21(17-33-23)22-3-1-14-32-22/h1,3-8,11,14,17-18H,2,9-10,12-13,15-16H2. The highest BCUT2D eigenvalue weighted by Gasteiger charge is 2.26. The number of thiazole rings is 1. The van der Waals surface area contributed by atoms with E-state index in [0.717, 1.165) is 35.8 Å². The predicted octanol–water partition coefficient (Wildman–Crippen LogP) is 3.35. The molecule has 0 aliphatic carbocycles. The third-order valence-electron chi connectivity index (χ3n) is 5.60. The molecular formula is C23H25N5O4S2. The van der Waals surface area contributed by atoms with Crippen LogP contribution in [-0.2, 0) is 27.8 Å². The van der Waals surface area contributed by atoms with Crippen LogP contribution in [0.3, 0.4) is 0 Å². The number of aromatic nitrogens is 3. The highest BCUT2D eigenvalue weighted by molar-refractivity contribution is 7.89. The van der Waals surface area contributed by atoms with Crippen molar-refractivity contribution in [3.63, 3.8) is 0 Å². The molecule has 0 spiro atoms. The van der Waals surface area contributed by atoms with Gasteiger partial charge in [-0.15, -0.1) is 11.3 Å². The Bertz CT molecular complexity index is 1370. The Kier molecular flexibility index (Phi) is 6.77. The van der Waals surface area contributed by atoms with Gasteiger partial charge in [-0.2, -0.15) is 4.31 Å². The Labute approximate surface area is 201 Å². The second-order valence-corrected chi connectivity index (χ2v) is 10.6. The molecule has 0 bridgehead atoms. The summed E-state index contributed by atoms with van der Waals surface area (Å²) in [5.41, 5.74) is 1.66. The van der Waals surface area contributed by atoms with Crippen molar-refractivity contribution in [3.8, 4) is 11.5 Å². The van der Waals surface area contributed by atoms with Crippen molar-refractivity contribution in [2.45, 2.75) is 24.4 Å². The van der Waals surface area contributed by atoms with E-state index in [2.05, 4.69) is 9.55 Å². The maximum Gasteiger partial charge on any atom is 0.243 e. The summed E-state index contributed by atoms with van der Waals surface area (Å²) in [5, 5.41) is 2.03. The second-order valence-electron chi connectivity index (χ2n) is 7.81. The van der Waals surface area contributed by atoms with E-state index in [1.807, 2.05) is 34.6 Å². The number of sulfonamides is 1. The molecule has 9 nitrogen and oxygen atoms in total. The summed E-state index contributed by atoms with van der Waals surface area (Å²) in [6.45, 7) is 3.18. The van der Waals surface area contributed by atoms with E-state index < -0.39 is 10.0 Å². The number of hydrogen-bond donors (Lipinski definition) is 0. The number of benzene rings is 1. The fourth-order valence-corrected chi connectivity index (χ4v) is 6.17. The van der Waals surface area contributed by atoms with E-state index in [1.165, 1.54) is 15.6 Å². The van der Waals surface area contributed by atoms with Gasteiger partial charge < -0.3 is 18.3 Å². The molecule has 0 amide bonds. The second kappa shape index (κ2) is 10.1. The van der Waals surface area contributed by atoms with E-state index in [-0.39, 0.29) is 4.90 Å². The SMILES string of the molecule is O=S(=O)(c1ccc(N=c2scc(-c3ccco3)n2CCCn2ccnc2)cc1)N1CCOCC1. The summed E-state index contributed by atoms with van der Waals surface area (Å²) in [7, 11) is -3.53. The molecule has 0 unspecified atom stereocenters. The van der Waals surface area contributed by atoms with Gasteiger partial charge in [0.1, 0.15) is 0 Å². The minimum absolute atomic E-state index is 0.268. The number of furan rings is 1. The molecule has 1 aromatic carbocycles. The molecule has 0 atom stereocenters. The summed E-state index contributed by atoms with van der Waals surface area (Å²) in [5.74, 6) is 0.785. The Hall–Kier alpha value is -2.99. The topological polar surface area (TPSA) is 94.9 Å². The summed E-state index contributed by atoms with van der Waals surface area (Å²) >= 11 is 1.53. The quantitative estimate of drug-likeness (QED) is 0.371.